The third-order valence-electron chi connectivity index (χ3n) is 18.7. The van der Waals surface area contributed by atoms with Gasteiger partial charge in [0.05, 0.1) is 0 Å². The number of unbranched alkanes of at least 4 members (excludes halogenated alkanes) is 24. The molecule has 0 atom stereocenters. The summed E-state index contributed by atoms with van der Waals surface area (Å²) >= 11 is 13.6. The topological polar surface area (TPSA) is 84.0 Å². The number of thioether (sulfide) groups is 8. The van der Waals surface area contributed by atoms with Crippen LogP contribution in [0.25, 0.3) is 21.5 Å². The maximum atomic E-state index is 6.29. The molecule has 6 aromatic rings. The van der Waals surface area contributed by atoms with Gasteiger partial charge in [-0.15, -0.1) is 0 Å². The first-order valence-corrected chi connectivity index (χ1v) is 49.6. The molecular weight excluding hydrogens is 1540 g/mol. The van der Waals surface area contributed by atoms with Gasteiger partial charge in [0.25, 0.3) is 0 Å². The van der Waals surface area contributed by atoms with Crippen molar-refractivity contribution < 1.29 is 0 Å². The monoisotopic (exact) mass is 1650 g/mol. The molecule has 4 aliphatic rings. The first-order chi connectivity index (χ1) is 47.9. The van der Waals surface area contributed by atoms with Crippen LogP contribution >= 0.6 is 94.1 Å². The predicted octanol–water partition coefficient (Wildman–Crippen LogP) is 25.8. The molecule has 0 amide bonds. The van der Waals surface area contributed by atoms with Crippen LogP contribution in [0.5, 0.6) is 0 Å². The molecule has 17 heteroatoms. The van der Waals surface area contributed by atoms with E-state index >= 15 is 0 Å². The van der Waals surface area contributed by atoms with Crippen LogP contribution in [0.3, 0.4) is 0 Å². The Kier molecular flexibility index (Phi) is 33.6. The molecule has 0 saturated carbocycles. The molecule has 4 aliphatic heterocycles. The van der Waals surface area contributed by atoms with Gasteiger partial charge >= 0.3 is 610 Å². The first-order valence-electron chi connectivity index (χ1n) is 38.3. The van der Waals surface area contributed by atoms with Gasteiger partial charge in [0.1, 0.15) is 0 Å². The van der Waals surface area contributed by atoms with Gasteiger partial charge < -0.3 is 0 Å². The van der Waals surface area contributed by atoms with Gasteiger partial charge in [-0.1, -0.05) is 27.7 Å². The summed E-state index contributed by atoms with van der Waals surface area (Å²) < 4.78 is 5.42. The second kappa shape index (κ2) is 42.1. The number of benzene rings is 4. The van der Waals surface area contributed by atoms with E-state index in [9.17, 15) is 0 Å². The van der Waals surface area contributed by atoms with Crippen LogP contribution in [0.1, 0.15) is 283 Å². The van der Waals surface area contributed by atoms with Gasteiger partial charge in [-0.2, -0.15) is 0 Å². The van der Waals surface area contributed by atoms with Gasteiger partial charge in [0, 0.05) is 0 Å². The quantitative estimate of drug-likeness (QED) is 0.0212. The number of hydrogen-bond acceptors (Lipinski definition) is 14. The van der Waals surface area contributed by atoms with E-state index in [1.54, 1.807) is 0 Å². The third-order valence-corrected chi connectivity index (χ3v) is 32.7. The molecule has 10 rings (SSSR count). The number of hydrogen-bond donors (Lipinski definition) is 0. The Bertz CT molecular complexity index is 3570. The Morgan fingerprint density at radius 1 is 0.237 bits per heavy atom. The van der Waals surface area contributed by atoms with Crippen LogP contribution < -0.4 is 11.0 Å². The second-order valence-electron chi connectivity index (χ2n) is 26.6. The molecule has 8 nitrogen and oxygen atoms in total. The number of nitrogens with zero attached hydrogens (tertiary/aromatic N) is 8. The van der Waals surface area contributed by atoms with Gasteiger partial charge in [-0.05, 0) is 0 Å². The molecule has 4 aromatic carbocycles. The van der Waals surface area contributed by atoms with E-state index in [-0.39, 0.29) is 0 Å². The minimum atomic E-state index is -2.57. The number of amidine groups is 4. The Morgan fingerprint density at radius 2 is 0.454 bits per heavy atom. The summed E-state index contributed by atoms with van der Waals surface area (Å²) in [6.45, 7) is 18.6. The van der Waals surface area contributed by atoms with Crippen molar-refractivity contribution in [3.8, 4) is 0 Å². The number of aliphatic imine (C=N–C) groups is 4. The standard InChI is InChI=1S/C80H112N8S8.Pb/c1-9-17-25-33-49-89-57-41-42-58(90-50-34-26-18-10-2)66-65(57)73-81-74(66)86-76-69-61(93-53-37-29-21-13-5)45-46-62(94-54-38-30-22-14-6)70(69)78(83-76)88-80-72-64(96-56-40-32-24-16-8)48-47-63(95-55-39-31-23-15-7)71(72)79(84-80)87-77-68-60(92-52-36-28-20-12-4)44-43-59(67(68)75(82-77)85-73)91-51-35-27-19-11-3;/h41-48H,9-40,49-56H2,1-8H3;/q-2;+4. The van der Waals surface area contributed by atoms with Crippen LogP contribution in [0.2, 0.25) is 0 Å². The van der Waals surface area contributed by atoms with Crippen molar-refractivity contribution in [2.24, 2.45) is 30.0 Å². The molecule has 0 aliphatic carbocycles. The van der Waals surface area contributed by atoms with Crippen LogP contribution in [0.4, 0.5) is 11.6 Å². The fourth-order valence-corrected chi connectivity index (χ4v) is 26.5. The van der Waals surface area contributed by atoms with Crippen LogP contribution in [-0.2, 0) is 0 Å². The minimum absolute atomic E-state index is 0.808. The van der Waals surface area contributed by atoms with Gasteiger partial charge in [0.2, 0.25) is 0 Å². The predicted molar refractivity (Wildman–Crippen MR) is 440 cm³/mol. The normalized spacial score (nSPS) is 13.5. The summed E-state index contributed by atoms with van der Waals surface area (Å²) in [6.07, 6.45) is 39.3. The average molecular weight is 1650 g/mol. The van der Waals surface area contributed by atoms with Crippen molar-refractivity contribution in [3.63, 3.8) is 0 Å². The van der Waals surface area contributed by atoms with E-state index in [1.807, 2.05) is 94.1 Å². The van der Waals surface area contributed by atoms with Crippen molar-refractivity contribution in [2.45, 2.75) is 300 Å². The molecule has 2 aromatic heterocycles. The number of aromatic nitrogens is 2. The van der Waals surface area contributed by atoms with Crippen LogP contribution in [0, 0.1) is 0 Å². The van der Waals surface area contributed by atoms with E-state index < -0.39 is 24.8 Å². The Labute approximate surface area is 631 Å². The molecule has 522 valence electrons. The first kappa shape index (κ1) is 77.6. The third kappa shape index (κ3) is 20.3. The van der Waals surface area contributed by atoms with Crippen LogP contribution in [-0.4, -0.2) is 99.0 Å². The molecule has 0 unspecified atom stereocenters. The second-order valence-corrected chi connectivity index (χ2v) is 39.9. The maximum absolute atomic E-state index is 6.29. The van der Waals surface area contributed by atoms with Crippen LogP contribution in [0.15, 0.2) is 118 Å². The Balaban J connectivity index is 1.37. The fourth-order valence-electron chi connectivity index (χ4n) is 13.2. The fraction of sp³-hybridized carbons (Fsp3) is 0.600. The van der Waals surface area contributed by atoms with Gasteiger partial charge in [0.15, 0.2) is 0 Å². The molecule has 97 heavy (non-hydrogen) atoms. The van der Waals surface area contributed by atoms with E-state index in [1.165, 1.54) is 288 Å². The van der Waals surface area contributed by atoms with Crippen molar-refractivity contribution in [3.05, 3.63) is 81.8 Å². The molecule has 0 fully saturated rings. The Hall–Kier alpha value is -2.04. The summed E-state index contributed by atoms with van der Waals surface area (Å²) in [5, 5.41) is 4.96. The van der Waals surface area contributed by atoms with Crippen molar-refractivity contribution >= 4 is 175 Å². The van der Waals surface area contributed by atoms with Crippen molar-refractivity contribution in [1.82, 2.24) is 4.75 Å². The molecule has 6 heterocycles. The summed E-state index contributed by atoms with van der Waals surface area (Å²) in [5.74, 6) is 13.7. The van der Waals surface area contributed by atoms with Gasteiger partial charge in [-0.25, -0.2) is 0 Å². The molecule has 0 radical (unpaired) electrons. The molecule has 6 bridgehead atoms. The summed E-state index contributed by atoms with van der Waals surface area (Å²) in [6, 6.07) is 19.6. The van der Waals surface area contributed by atoms with E-state index in [0.29, 0.717) is 0 Å². The molecule has 0 N–H and O–H groups in total. The van der Waals surface area contributed by atoms with E-state index in [4.69, 9.17) is 30.0 Å². The van der Waals surface area contributed by atoms with Crippen molar-refractivity contribution in [1.29, 1.82) is 0 Å². The molecular formula is C80H112N8PbS8+2. The van der Waals surface area contributed by atoms with E-state index in [0.717, 1.165) is 92.0 Å². The Morgan fingerprint density at radius 3 is 0.701 bits per heavy atom. The summed E-state index contributed by atoms with van der Waals surface area (Å²) in [4.78, 5) is 47.4. The average Bonchev–Trinajstić information content (AvgIpc) is 1.55. The summed E-state index contributed by atoms with van der Waals surface area (Å²) in [7, 11) is 0. The van der Waals surface area contributed by atoms with E-state index in [2.05, 4.69) is 109 Å². The SMILES string of the molecule is CCCCCCSc1ccc(SCCCCCC)c2c1C1=NC2=Nc2c3c(SCCCCCC)ccc(SCCCCCC)c3c3[n]2[Pb+2][n]2c(c4c(SCCCCCC)ccc(SCCCCCC)c4c2=NC2=NC(=N3)c3c(SCCCCCC)ccc(SCCCCCC)c32)=N1. The number of rotatable bonds is 48. The van der Waals surface area contributed by atoms with Crippen molar-refractivity contribution in [2.75, 3.05) is 46.0 Å². The van der Waals surface area contributed by atoms with Gasteiger partial charge in [-0.3, -0.25) is 0 Å². The molecule has 0 spiro atoms. The zero-order valence-electron chi connectivity index (χ0n) is 60.2. The molecule has 0 saturated heterocycles. The zero-order chi connectivity index (χ0) is 67.6. The number of fused-ring (bicyclic) bond motifs is 14. The zero-order valence-corrected chi connectivity index (χ0v) is 70.7. The summed E-state index contributed by atoms with van der Waals surface area (Å²) in [5.41, 5.74) is 6.70.